The lowest BCUT2D eigenvalue weighted by atomic mass is 9.90. The molecule has 0 aliphatic carbocycles. The van der Waals surface area contributed by atoms with Crippen LogP contribution in [0.15, 0.2) is 47.1 Å². The van der Waals surface area contributed by atoms with Crippen molar-refractivity contribution in [3.63, 3.8) is 0 Å². The molecule has 1 saturated heterocycles. The number of piperidine rings is 1. The molecule has 0 bridgehead atoms. The summed E-state index contributed by atoms with van der Waals surface area (Å²) in [6.07, 6.45) is 4.65. The SMILES string of the molecule is Cc1ccc(OC2(C(=O)N[C@@H](C)CCc3ccco3)CCNCC2)cc1. The second-order valence-electron chi connectivity index (χ2n) is 7.15. The number of nitrogens with one attached hydrogen (secondary N) is 2. The van der Waals surface area contributed by atoms with Gasteiger partial charge in [0, 0.05) is 25.3 Å². The molecular weight excluding hydrogens is 328 g/mol. The van der Waals surface area contributed by atoms with E-state index in [9.17, 15) is 4.79 Å². The average molecular weight is 356 g/mol. The summed E-state index contributed by atoms with van der Waals surface area (Å²) in [5.41, 5.74) is 0.368. The molecule has 140 valence electrons. The number of benzene rings is 1. The Hall–Kier alpha value is -2.27. The highest BCUT2D eigenvalue weighted by atomic mass is 16.5. The van der Waals surface area contributed by atoms with Crippen LogP contribution >= 0.6 is 0 Å². The van der Waals surface area contributed by atoms with E-state index in [1.54, 1.807) is 6.26 Å². The van der Waals surface area contributed by atoms with Crippen molar-refractivity contribution in [2.45, 2.75) is 51.2 Å². The van der Waals surface area contributed by atoms with Gasteiger partial charge in [-0.2, -0.15) is 0 Å². The molecule has 3 rings (SSSR count). The van der Waals surface area contributed by atoms with Gasteiger partial charge in [-0.15, -0.1) is 0 Å². The Bertz CT molecular complexity index is 689. The quantitative estimate of drug-likeness (QED) is 0.799. The fraction of sp³-hybridized carbons (Fsp3) is 0.476. The third kappa shape index (κ3) is 4.67. The molecule has 1 fully saturated rings. The van der Waals surface area contributed by atoms with Crippen molar-refractivity contribution in [2.24, 2.45) is 0 Å². The zero-order valence-electron chi connectivity index (χ0n) is 15.6. The Kier molecular flexibility index (Phi) is 5.99. The monoisotopic (exact) mass is 356 g/mol. The van der Waals surface area contributed by atoms with Crippen molar-refractivity contribution < 1.29 is 13.9 Å². The number of aryl methyl sites for hydroxylation is 2. The molecule has 0 unspecified atom stereocenters. The lowest BCUT2D eigenvalue weighted by Gasteiger charge is -2.37. The zero-order chi connectivity index (χ0) is 18.4. The number of carbonyl (C=O) groups is 1. The Morgan fingerprint density at radius 2 is 2.00 bits per heavy atom. The molecule has 0 radical (unpaired) electrons. The molecule has 2 N–H and O–H groups in total. The van der Waals surface area contributed by atoms with E-state index in [4.69, 9.17) is 9.15 Å². The van der Waals surface area contributed by atoms with Crippen molar-refractivity contribution in [1.82, 2.24) is 10.6 Å². The van der Waals surface area contributed by atoms with Gasteiger partial charge in [0.1, 0.15) is 11.5 Å². The highest BCUT2D eigenvalue weighted by Crippen LogP contribution is 2.27. The standard InChI is InChI=1S/C21H28N2O3/c1-16-5-8-19(9-6-16)26-21(11-13-22-14-12-21)20(24)23-17(2)7-10-18-4-3-15-25-18/h3-6,8-9,15,17,22H,7,10-14H2,1-2H3,(H,23,24)/t17-/m0/s1. The summed E-state index contributed by atoms with van der Waals surface area (Å²) < 4.78 is 11.6. The minimum absolute atomic E-state index is 0.0217. The Labute approximate surface area is 155 Å². The lowest BCUT2D eigenvalue weighted by molar-refractivity contribution is -0.140. The van der Waals surface area contributed by atoms with Gasteiger partial charge in [-0.1, -0.05) is 17.7 Å². The number of carbonyl (C=O) groups excluding carboxylic acids is 1. The third-order valence-corrected chi connectivity index (χ3v) is 4.94. The summed E-state index contributed by atoms with van der Waals surface area (Å²) >= 11 is 0. The largest absolute Gasteiger partial charge is 0.477 e. The highest BCUT2D eigenvalue weighted by Gasteiger charge is 2.42. The first kappa shape index (κ1) is 18.5. The van der Waals surface area contributed by atoms with Gasteiger partial charge in [0.2, 0.25) is 0 Å². The van der Waals surface area contributed by atoms with E-state index in [0.717, 1.165) is 37.4 Å². The third-order valence-electron chi connectivity index (χ3n) is 4.94. The van der Waals surface area contributed by atoms with Crippen LogP contribution in [-0.2, 0) is 11.2 Å². The van der Waals surface area contributed by atoms with Gasteiger partial charge < -0.3 is 19.8 Å². The van der Waals surface area contributed by atoms with Crippen LogP contribution in [-0.4, -0.2) is 30.6 Å². The summed E-state index contributed by atoms with van der Waals surface area (Å²) in [7, 11) is 0. The Morgan fingerprint density at radius 1 is 1.27 bits per heavy atom. The first-order valence-electron chi connectivity index (χ1n) is 9.37. The maximum atomic E-state index is 13.1. The number of ether oxygens (including phenoxy) is 1. The van der Waals surface area contributed by atoms with Gasteiger partial charge in [0.25, 0.3) is 5.91 Å². The maximum Gasteiger partial charge on any atom is 0.264 e. The van der Waals surface area contributed by atoms with Gasteiger partial charge in [-0.25, -0.2) is 0 Å². The van der Waals surface area contributed by atoms with Crippen LogP contribution in [0, 0.1) is 6.92 Å². The molecule has 1 aliphatic heterocycles. The van der Waals surface area contributed by atoms with Crippen LogP contribution < -0.4 is 15.4 Å². The van der Waals surface area contributed by atoms with Gasteiger partial charge in [-0.05, 0) is 57.6 Å². The second kappa shape index (κ2) is 8.41. The molecule has 0 saturated carbocycles. The highest BCUT2D eigenvalue weighted by molar-refractivity contribution is 5.86. The van der Waals surface area contributed by atoms with Gasteiger partial charge in [0.05, 0.1) is 6.26 Å². The fourth-order valence-corrected chi connectivity index (χ4v) is 3.28. The molecule has 2 aromatic rings. The predicted molar refractivity (Wildman–Crippen MR) is 101 cm³/mol. The predicted octanol–water partition coefficient (Wildman–Crippen LogP) is 3.23. The minimum Gasteiger partial charge on any atom is -0.477 e. The van der Waals surface area contributed by atoms with E-state index >= 15 is 0 Å². The van der Waals surface area contributed by atoms with Gasteiger partial charge >= 0.3 is 0 Å². The number of rotatable bonds is 7. The first-order chi connectivity index (χ1) is 12.6. The second-order valence-corrected chi connectivity index (χ2v) is 7.15. The van der Waals surface area contributed by atoms with Crippen molar-refractivity contribution in [3.05, 3.63) is 54.0 Å². The van der Waals surface area contributed by atoms with Gasteiger partial charge in [0.15, 0.2) is 5.60 Å². The van der Waals surface area contributed by atoms with Crippen LogP contribution in [0.4, 0.5) is 0 Å². The smallest absolute Gasteiger partial charge is 0.264 e. The molecule has 1 aromatic carbocycles. The molecule has 5 nitrogen and oxygen atoms in total. The van der Waals surface area contributed by atoms with E-state index < -0.39 is 5.60 Å². The van der Waals surface area contributed by atoms with Crippen LogP contribution in [0.2, 0.25) is 0 Å². The topological polar surface area (TPSA) is 63.5 Å². The van der Waals surface area contributed by atoms with Crippen molar-refractivity contribution in [2.75, 3.05) is 13.1 Å². The Morgan fingerprint density at radius 3 is 2.65 bits per heavy atom. The minimum atomic E-state index is -0.806. The molecule has 1 atom stereocenters. The average Bonchev–Trinajstić information content (AvgIpc) is 3.16. The molecule has 5 heteroatoms. The van der Waals surface area contributed by atoms with Crippen LogP contribution in [0.3, 0.4) is 0 Å². The van der Waals surface area contributed by atoms with Crippen LogP contribution in [0.25, 0.3) is 0 Å². The van der Waals surface area contributed by atoms with Crippen molar-refractivity contribution in [1.29, 1.82) is 0 Å². The number of amides is 1. The number of hydrogen-bond acceptors (Lipinski definition) is 4. The summed E-state index contributed by atoms with van der Waals surface area (Å²) in [5, 5.41) is 6.47. The molecule has 0 spiro atoms. The molecule has 26 heavy (non-hydrogen) atoms. The van der Waals surface area contributed by atoms with Gasteiger partial charge in [-0.3, -0.25) is 4.79 Å². The Balaban J connectivity index is 1.63. The van der Waals surface area contributed by atoms with E-state index in [1.165, 1.54) is 5.56 Å². The fourth-order valence-electron chi connectivity index (χ4n) is 3.28. The number of hydrogen-bond donors (Lipinski definition) is 2. The molecule has 1 aromatic heterocycles. The molecule has 1 amide bonds. The number of furan rings is 1. The normalized spacial score (nSPS) is 17.5. The molecule has 2 heterocycles. The molecule has 1 aliphatic rings. The zero-order valence-corrected chi connectivity index (χ0v) is 15.6. The lowest BCUT2D eigenvalue weighted by Crippen LogP contribution is -2.58. The van der Waals surface area contributed by atoms with E-state index in [0.29, 0.717) is 12.8 Å². The van der Waals surface area contributed by atoms with E-state index in [1.807, 2.05) is 50.2 Å². The summed E-state index contributed by atoms with van der Waals surface area (Å²) in [6.45, 7) is 5.62. The summed E-state index contributed by atoms with van der Waals surface area (Å²) in [6, 6.07) is 11.8. The summed E-state index contributed by atoms with van der Waals surface area (Å²) in [5.74, 6) is 1.67. The van der Waals surface area contributed by atoms with Crippen molar-refractivity contribution in [3.8, 4) is 5.75 Å². The summed E-state index contributed by atoms with van der Waals surface area (Å²) in [4.78, 5) is 13.1. The first-order valence-corrected chi connectivity index (χ1v) is 9.37. The maximum absolute atomic E-state index is 13.1. The van der Waals surface area contributed by atoms with Crippen LogP contribution in [0.1, 0.15) is 37.5 Å². The van der Waals surface area contributed by atoms with E-state index in [-0.39, 0.29) is 11.9 Å². The molecular formula is C21H28N2O3. The van der Waals surface area contributed by atoms with E-state index in [2.05, 4.69) is 10.6 Å². The van der Waals surface area contributed by atoms with Crippen molar-refractivity contribution >= 4 is 5.91 Å². The van der Waals surface area contributed by atoms with Crippen LogP contribution in [0.5, 0.6) is 5.75 Å².